The number of rotatable bonds is 5. The largest absolute Gasteiger partial charge is 0.766 e. The summed E-state index contributed by atoms with van der Waals surface area (Å²) in [6.45, 7) is 2.57. The van der Waals surface area contributed by atoms with Crippen LogP contribution in [0.4, 0.5) is 0 Å². The Morgan fingerprint density at radius 3 is 2.44 bits per heavy atom. The van der Waals surface area contributed by atoms with Gasteiger partial charge in [0.1, 0.15) is 13.2 Å². The van der Waals surface area contributed by atoms with E-state index in [1.54, 1.807) is 0 Å². The summed E-state index contributed by atoms with van der Waals surface area (Å²) in [5, 5.41) is 0. The lowest BCUT2D eigenvalue weighted by Gasteiger charge is -2.37. The normalized spacial score (nSPS) is 23.0. The van der Waals surface area contributed by atoms with Crippen LogP contribution in [0.3, 0.4) is 0 Å². The maximum absolute atomic E-state index is 11.7. The third-order valence-corrected chi connectivity index (χ3v) is 3.95. The lowest BCUT2D eigenvalue weighted by molar-refractivity contribution is -0.870. The van der Waals surface area contributed by atoms with Crippen LogP contribution in [0, 0.1) is 0 Å². The van der Waals surface area contributed by atoms with Crippen LogP contribution in [0.5, 0.6) is 0 Å². The monoisotopic (exact) mass is 252 g/mol. The summed E-state index contributed by atoms with van der Waals surface area (Å²) in [4.78, 5) is 11.7. The van der Waals surface area contributed by atoms with Gasteiger partial charge in [-0.15, -0.1) is 0 Å². The van der Waals surface area contributed by atoms with Gasteiger partial charge in [-0.2, -0.15) is 0 Å². The highest BCUT2D eigenvalue weighted by Crippen LogP contribution is 2.41. The van der Waals surface area contributed by atoms with E-state index in [0.29, 0.717) is 37.3 Å². The van der Waals surface area contributed by atoms with Gasteiger partial charge in [0.25, 0.3) is 0 Å². The van der Waals surface area contributed by atoms with Crippen molar-refractivity contribution in [1.82, 2.24) is 4.67 Å². The van der Waals surface area contributed by atoms with Gasteiger partial charge >= 0.3 is 0 Å². The van der Waals surface area contributed by atoms with Crippen molar-refractivity contribution in [3.8, 4) is 0 Å². The van der Waals surface area contributed by atoms with Crippen LogP contribution in [-0.2, 0) is 13.8 Å². The fraction of sp³-hybridized carbons (Fsp3) is 1.00. The first kappa shape index (κ1) is 14.1. The van der Waals surface area contributed by atoms with Crippen LogP contribution < -0.4 is 4.89 Å². The summed E-state index contributed by atoms with van der Waals surface area (Å²) in [5.74, 6) is 0. The third-order valence-electron chi connectivity index (χ3n) is 2.35. The molecule has 1 aliphatic heterocycles. The van der Waals surface area contributed by atoms with Crippen molar-refractivity contribution in [2.24, 2.45) is 0 Å². The summed E-state index contributed by atoms with van der Waals surface area (Å²) >= 11 is 0. The average Bonchev–Trinajstić information content (AvgIpc) is 2.17. The second kappa shape index (κ2) is 5.58. The van der Waals surface area contributed by atoms with E-state index in [-0.39, 0.29) is 6.61 Å². The maximum atomic E-state index is 11.7. The lowest BCUT2D eigenvalue weighted by atomic mass is 10.5. The zero-order valence-electron chi connectivity index (χ0n) is 10.2. The van der Waals surface area contributed by atoms with Gasteiger partial charge in [-0.05, 0) is 0 Å². The Bertz CT molecular complexity index is 261. The molecule has 6 nitrogen and oxygen atoms in total. The Labute approximate surface area is 96.9 Å². The van der Waals surface area contributed by atoms with E-state index < -0.39 is 7.75 Å². The predicted molar refractivity (Wildman–Crippen MR) is 58.8 cm³/mol. The van der Waals surface area contributed by atoms with Crippen LogP contribution in [0.2, 0.25) is 0 Å². The molecule has 0 spiro atoms. The van der Waals surface area contributed by atoms with E-state index in [1.165, 1.54) is 4.67 Å². The van der Waals surface area contributed by atoms with Crippen molar-refractivity contribution in [1.29, 1.82) is 0 Å². The first-order valence-corrected chi connectivity index (χ1v) is 6.90. The quantitative estimate of drug-likeness (QED) is 0.488. The molecule has 0 aliphatic carbocycles. The molecule has 96 valence electrons. The first-order valence-electron chi connectivity index (χ1n) is 5.40. The molecule has 0 N–H and O–H groups in total. The van der Waals surface area contributed by atoms with Gasteiger partial charge in [0, 0.05) is 13.1 Å². The Kier molecular flexibility index (Phi) is 4.91. The molecule has 1 aliphatic rings. The van der Waals surface area contributed by atoms with Gasteiger partial charge in [0.15, 0.2) is 0 Å². The van der Waals surface area contributed by atoms with Gasteiger partial charge in [0.05, 0.1) is 34.4 Å². The molecule has 7 heteroatoms. The zero-order chi connectivity index (χ0) is 12.2. The smallest absolute Gasteiger partial charge is 0.207 e. The lowest BCUT2D eigenvalue weighted by Crippen LogP contribution is -2.40. The topological polar surface area (TPSA) is 61.8 Å². The van der Waals surface area contributed by atoms with E-state index in [2.05, 4.69) is 0 Å². The molecular formula is C9H21N2O4P. The van der Waals surface area contributed by atoms with Crippen molar-refractivity contribution in [2.75, 3.05) is 60.6 Å². The van der Waals surface area contributed by atoms with Crippen LogP contribution in [0.1, 0.15) is 0 Å². The number of ether oxygens (including phenoxy) is 1. The van der Waals surface area contributed by atoms with Crippen LogP contribution in [-0.4, -0.2) is 69.8 Å². The molecule has 0 aromatic carbocycles. The highest BCUT2D eigenvalue weighted by molar-refractivity contribution is 7.48. The van der Waals surface area contributed by atoms with E-state index >= 15 is 0 Å². The number of hydrogen-bond acceptors (Lipinski definition) is 4. The number of quaternary nitrogens is 1. The van der Waals surface area contributed by atoms with Crippen LogP contribution >= 0.6 is 7.75 Å². The fourth-order valence-corrected chi connectivity index (χ4v) is 2.44. The summed E-state index contributed by atoms with van der Waals surface area (Å²) < 4.78 is 23.9. The third kappa shape index (κ3) is 4.91. The van der Waals surface area contributed by atoms with Crippen molar-refractivity contribution in [3.63, 3.8) is 0 Å². The van der Waals surface area contributed by atoms with Gasteiger partial charge in [0.2, 0.25) is 7.75 Å². The minimum Gasteiger partial charge on any atom is -0.766 e. The molecule has 0 radical (unpaired) electrons. The number of morpholine rings is 1. The minimum atomic E-state index is -3.86. The Balaban J connectivity index is 2.36. The molecule has 16 heavy (non-hydrogen) atoms. The molecule has 1 fully saturated rings. The average molecular weight is 252 g/mol. The highest BCUT2D eigenvalue weighted by atomic mass is 31.2. The van der Waals surface area contributed by atoms with Crippen molar-refractivity contribution in [2.45, 2.75) is 0 Å². The van der Waals surface area contributed by atoms with Crippen molar-refractivity contribution in [3.05, 3.63) is 0 Å². The van der Waals surface area contributed by atoms with Gasteiger partial charge < -0.3 is 18.6 Å². The van der Waals surface area contributed by atoms with Crippen LogP contribution in [0.15, 0.2) is 0 Å². The molecule has 1 saturated heterocycles. The van der Waals surface area contributed by atoms with E-state index in [4.69, 9.17) is 9.26 Å². The molecule has 0 bridgehead atoms. The summed E-state index contributed by atoms with van der Waals surface area (Å²) in [6, 6.07) is 0. The molecule has 0 aromatic heterocycles. The highest BCUT2D eigenvalue weighted by Gasteiger charge is 2.23. The molecule has 1 unspecified atom stereocenters. The molecular weight excluding hydrogens is 231 g/mol. The summed E-state index contributed by atoms with van der Waals surface area (Å²) in [7, 11) is 2.12. The molecule has 0 aromatic rings. The Hall–Kier alpha value is 0.0300. The molecule has 0 amide bonds. The minimum absolute atomic E-state index is 0.224. The summed E-state index contributed by atoms with van der Waals surface area (Å²) in [5.41, 5.74) is 0. The standard InChI is InChI=1S/C9H21N2O4P/c1-11(2,3)6-9-15-16(12,13)10-4-7-14-8-5-10/h4-9H2,1-3H3. The zero-order valence-corrected chi connectivity index (χ0v) is 11.1. The van der Waals surface area contributed by atoms with E-state index in [0.717, 1.165) is 0 Å². The number of likely N-dealkylation sites (N-methyl/N-ethyl adjacent to an activating group) is 1. The molecule has 1 heterocycles. The first-order chi connectivity index (χ1) is 7.31. The van der Waals surface area contributed by atoms with Gasteiger partial charge in [-0.1, -0.05) is 0 Å². The molecule has 0 saturated carbocycles. The molecule has 1 atom stereocenters. The van der Waals surface area contributed by atoms with Crippen molar-refractivity contribution < 1.29 is 23.2 Å². The number of nitrogens with zero attached hydrogens (tertiary/aromatic N) is 2. The molecule has 1 rings (SSSR count). The second-order valence-corrected chi connectivity index (χ2v) is 6.64. The SMILES string of the molecule is C[N+](C)(C)CCOP(=O)([O-])N1CCOCC1. The van der Waals surface area contributed by atoms with Crippen molar-refractivity contribution >= 4 is 7.75 Å². The van der Waals surface area contributed by atoms with Gasteiger partial charge in [-0.3, -0.25) is 4.57 Å². The maximum Gasteiger partial charge on any atom is 0.207 e. The van der Waals surface area contributed by atoms with E-state index in [1.807, 2.05) is 21.1 Å². The Morgan fingerprint density at radius 2 is 1.94 bits per heavy atom. The van der Waals surface area contributed by atoms with E-state index in [9.17, 15) is 9.46 Å². The predicted octanol–water partition coefficient (Wildman–Crippen LogP) is -0.490. The fourth-order valence-electron chi connectivity index (χ4n) is 1.31. The summed E-state index contributed by atoms with van der Waals surface area (Å²) in [6.07, 6.45) is 0. The van der Waals surface area contributed by atoms with Gasteiger partial charge in [-0.25, -0.2) is 4.67 Å². The second-order valence-electron chi connectivity index (χ2n) is 4.88. The Morgan fingerprint density at radius 1 is 1.38 bits per heavy atom. The van der Waals surface area contributed by atoms with Crippen LogP contribution in [0.25, 0.3) is 0 Å². The number of hydrogen-bond donors (Lipinski definition) is 0.